The Hall–Kier alpha value is -3.79. The molecule has 200 valence electrons. The number of nitrogens with one attached hydrogen (secondary N) is 1. The molecule has 11 heteroatoms. The van der Waals surface area contributed by atoms with Crippen LogP contribution in [0.1, 0.15) is 10.4 Å². The predicted octanol–water partition coefficient (Wildman–Crippen LogP) is 5.94. The molecule has 0 unspecified atom stereocenters. The molecule has 1 amide bonds. The average Bonchev–Trinajstić information content (AvgIpc) is 2.96. The molecular weight excluding hydrogens is 559 g/mol. The van der Waals surface area contributed by atoms with Crippen LogP contribution in [0.2, 0.25) is 10.0 Å². The normalized spacial score (nSPS) is 13.7. The Bertz CT molecular complexity index is 1580. The number of carbonyl (C=O) groups excluding carboxylic acids is 1. The molecule has 0 radical (unpaired) electrons. The van der Waals surface area contributed by atoms with Gasteiger partial charge in [-0.1, -0.05) is 35.3 Å². The maximum atomic E-state index is 13.5. The third-order valence-electron chi connectivity index (χ3n) is 6.23. The number of carbonyl (C=O) groups is 1. The Morgan fingerprint density at radius 3 is 2.33 bits per heavy atom. The first-order chi connectivity index (χ1) is 18.8. The van der Waals surface area contributed by atoms with Crippen molar-refractivity contribution >= 4 is 50.5 Å². The molecule has 0 saturated carbocycles. The number of nitrogens with zero attached hydrogens (tertiary/aromatic N) is 3. The zero-order chi connectivity index (χ0) is 27.4. The molecule has 1 aliphatic rings. The second kappa shape index (κ2) is 11.5. The van der Waals surface area contributed by atoms with Crippen molar-refractivity contribution in [2.24, 2.45) is 0 Å². The van der Waals surface area contributed by atoms with Gasteiger partial charge in [-0.05, 0) is 66.7 Å². The second-order valence-corrected chi connectivity index (χ2v) is 11.3. The highest BCUT2D eigenvalue weighted by atomic mass is 35.5. The third-order valence-corrected chi connectivity index (χ3v) is 8.16. The largest absolute Gasteiger partial charge is 0.456 e. The summed E-state index contributed by atoms with van der Waals surface area (Å²) in [5, 5.41) is 0.769. The molecule has 1 saturated heterocycles. The van der Waals surface area contributed by atoms with Gasteiger partial charge in [0.05, 0.1) is 33.1 Å². The molecular formula is C28H24Cl2N4O4S. The lowest BCUT2D eigenvalue weighted by Crippen LogP contribution is -2.49. The number of benzene rings is 3. The van der Waals surface area contributed by atoms with Gasteiger partial charge in [0.1, 0.15) is 11.5 Å². The van der Waals surface area contributed by atoms with Crippen LogP contribution in [0.3, 0.4) is 0 Å². The van der Waals surface area contributed by atoms with E-state index in [0.29, 0.717) is 47.7 Å². The molecule has 1 N–H and O–H groups in total. The van der Waals surface area contributed by atoms with Gasteiger partial charge in [0.2, 0.25) is 0 Å². The topological polar surface area (TPSA) is 91.8 Å². The van der Waals surface area contributed by atoms with Crippen molar-refractivity contribution in [3.63, 3.8) is 0 Å². The van der Waals surface area contributed by atoms with Crippen LogP contribution >= 0.6 is 23.2 Å². The number of hydrogen-bond donors (Lipinski definition) is 1. The number of amides is 1. The van der Waals surface area contributed by atoms with E-state index < -0.39 is 10.0 Å². The van der Waals surface area contributed by atoms with Crippen LogP contribution in [0, 0.1) is 0 Å². The molecule has 1 fully saturated rings. The molecule has 0 atom stereocenters. The van der Waals surface area contributed by atoms with Crippen LogP contribution in [0.15, 0.2) is 96.2 Å². The van der Waals surface area contributed by atoms with Crippen LogP contribution < -0.4 is 14.4 Å². The van der Waals surface area contributed by atoms with Gasteiger partial charge in [0, 0.05) is 37.4 Å². The Kier molecular flexibility index (Phi) is 7.92. The first-order valence-electron chi connectivity index (χ1n) is 12.1. The van der Waals surface area contributed by atoms with Crippen LogP contribution in [0.4, 0.5) is 11.4 Å². The van der Waals surface area contributed by atoms with Gasteiger partial charge >= 0.3 is 0 Å². The predicted molar refractivity (Wildman–Crippen MR) is 153 cm³/mol. The highest BCUT2D eigenvalue weighted by Gasteiger charge is 2.26. The monoisotopic (exact) mass is 582 g/mol. The van der Waals surface area contributed by atoms with Gasteiger partial charge in [-0.2, -0.15) is 0 Å². The standard InChI is InChI=1S/C28H24Cl2N4O4S/c29-20-7-12-26(24(18-20)28(35)34-16-14-33(15-17-34)21-4-3-13-31-19-21)32-39(36,37)23-10-8-22(9-11-23)38-27-6-2-1-5-25(27)30/h1-13,18-19,32H,14-17H2. The van der Waals surface area contributed by atoms with Crippen molar-refractivity contribution in [1.29, 1.82) is 0 Å². The summed E-state index contributed by atoms with van der Waals surface area (Å²) in [5.41, 5.74) is 1.32. The summed E-state index contributed by atoms with van der Waals surface area (Å²) in [5.74, 6) is 0.581. The first kappa shape index (κ1) is 26.8. The van der Waals surface area contributed by atoms with Crippen molar-refractivity contribution in [2.75, 3.05) is 35.8 Å². The highest BCUT2D eigenvalue weighted by Crippen LogP contribution is 2.30. The number of anilines is 2. The molecule has 4 aromatic rings. The maximum absolute atomic E-state index is 13.5. The summed E-state index contributed by atoms with van der Waals surface area (Å²) >= 11 is 12.3. The van der Waals surface area contributed by atoms with E-state index in [2.05, 4.69) is 14.6 Å². The van der Waals surface area contributed by atoms with E-state index in [9.17, 15) is 13.2 Å². The molecule has 2 heterocycles. The number of aromatic nitrogens is 1. The van der Waals surface area contributed by atoms with E-state index in [-0.39, 0.29) is 22.1 Å². The SMILES string of the molecule is O=C(c1cc(Cl)ccc1NS(=O)(=O)c1ccc(Oc2ccccc2Cl)cc1)N1CCN(c2cccnc2)CC1. The second-order valence-electron chi connectivity index (χ2n) is 8.79. The van der Waals surface area contributed by atoms with Crippen LogP contribution in [-0.2, 0) is 10.0 Å². The zero-order valence-electron chi connectivity index (χ0n) is 20.6. The lowest BCUT2D eigenvalue weighted by atomic mass is 10.1. The summed E-state index contributed by atoms with van der Waals surface area (Å²) in [7, 11) is -4.02. The molecule has 0 bridgehead atoms. The van der Waals surface area contributed by atoms with E-state index in [1.54, 1.807) is 41.6 Å². The maximum Gasteiger partial charge on any atom is 0.261 e. The van der Waals surface area contributed by atoms with Gasteiger partial charge < -0.3 is 14.5 Å². The van der Waals surface area contributed by atoms with Crippen LogP contribution in [0.25, 0.3) is 0 Å². The molecule has 0 spiro atoms. The van der Waals surface area contributed by atoms with Crippen molar-refractivity contribution in [3.8, 4) is 11.5 Å². The minimum absolute atomic E-state index is 0.00689. The fourth-order valence-electron chi connectivity index (χ4n) is 4.21. The molecule has 3 aromatic carbocycles. The van der Waals surface area contributed by atoms with Crippen molar-refractivity contribution in [2.45, 2.75) is 4.90 Å². The van der Waals surface area contributed by atoms with Gasteiger partial charge in [-0.3, -0.25) is 14.5 Å². The minimum atomic E-state index is -4.02. The number of pyridine rings is 1. The van der Waals surface area contributed by atoms with E-state index in [4.69, 9.17) is 27.9 Å². The Morgan fingerprint density at radius 2 is 1.64 bits per heavy atom. The minimum Gasteiger partial charge on any atom is -0.456 e. The van der Waals surface area contributed by atoms with Gasteiger partial charge in [0.25, 0.3) is 15.9 Å². The molecule has 8 nitrogen and oxygen atoms in total. The smallest absolute Gasteiger partial charge is 0.261 e. The van der Waals surface area contributed by atoms with Crippen LogP contribution in [-0.4, -0.2) is 50.4 Å². The van der Waals surface area contributed by atoms with Gasteiger partial charge in [-0.25, -0.2) is 8.42 Å². The molecule has 5 rings (SSSR count). The number of ether oxygens (including phenoxy) is 1. The number of rotatable bonds is 7. The van der Waals surface area contributed by atoms with Crippen molar-refractivity contribution in [1.82, 2.24) is 9.88 Å². The fraction of sp³-hybridized carbons (Fsp3) is 0.143. The summed E-state index contributed by atoms with van der Waals surface area (Å²) in [6, 6.07) is 21.3. The number of para-hydroxylation sites is 1. The number of sulfonamides is 1. The van der Waals surface area contributed by atoms with E-state index in [0.717, 1.165) is 5.69 Å². The fourth-order valence-corrected chi connectivity index (χ4v) is 5.63. The molecule has 1 aliphatic heterocycles. The molecule has 39 heavy (non-hydrogen) atoms. The summed E-state index contributed by atoms with van der Waals surface area (Å²) in [4.78, 5) is 21.5. The molecule has 0 aliphatic carbocycles. The van der Waals surface area contributed by atoms with E-state index in [1.807, 2.05) is 12.1 Å². The first-order valence-corrected chi connectivity index (χ1v) is 14.3. The van der Waals surface area contributed by atoms with Gasteiger partial charge in [0.15, 0.2) is 0 Å². The summed E-state index contributed by atoms with van der Waals surface area (Å²) in [6.45, 7) is 2.20. The lowest BCUT2D eigenvalue weighted by Gasteiger charge is -2.36. The zero-order valence-corrected chi connectivity index (χ0v) is 23.0. The lowest BCUT2D eigenvalue weighted by molar-refractivity contribution is 0.0748. The highest BCUT2D eigenvalue weighted by molar-refractivity contribution is 7.92. The number of piperazine rings is 1. The Morgan fingerprint density at radius 1 is 0.897 bits per heavy atom. The van der Waals surface area contributed by atoms with Gasteiger partial charge in [-0.15, -0.1) is 0 Å². The summed E-state index contributed by atoms with van der Waals surface area (Å²) in [6.07, 6.45) is 3.50. The average molecular weight is 583 g/mol. The number of halogens is 2. The van der Waals surface area contributed by atoms with Crippen molar-refractivity contribution < 1.29 is 17.9 Å². The van der Waals surface area contributed by atoms with Crippen molar-refractivity contribution in [3.05, 3.63) is 107 Å². The van der Waals surface area contributed by atoms with E-state index >= 15 is 0 Å². The Labute approximate surface area is 236 Å². The molecule has 1 aromatic heterocycles. The van der Waals surface area contributed by atoms with Crippen LogP contribution in [0.5, 0.6) is 11.5 Å². The quantitative estimate of drug-likeness (QED) is 0.290. The number of hydrogen-bond acceptors (Lipinski definition) is 6. The van der Waals surface area contributed by atoms with E-state index in [1.165, 1.54) is 42.5 Å². The summed E-state index contributed by atoms with van der Waals surface area (Å²) < 4.78 is 34.7. The third kappa shape index (κ3) is 6.27. The Balaban J connectivity index is 1.30.